The van der Waals surface area contributed by atoms with E-state index in [1.165, 1.54) is 23.8 Å². The van der Waals surface area contributed by atoms with Gasteiger partial charge >= 0.3 is 5.97 Å². The number of carbonyl (C=O) groups is 2. The molecule has 1 aliphatic heterocycles. The fraction of sp³-hybridized carbons (Fsp3) is 0.476. The number of nitrogens with zero attached hydrogens (tertiary/aromatic N) is 1. The van der Waals surface area contributed by atoms with E-state index in [-0.39, 0.29) is 18.3 Å². The molecule has 0 saturated carbocycles. The van der Waals surface area contributed by atoms with Crippen molar-refractivity contribution in [2.75, 3.05) is 27.4 Å². The minimum Gasteiger partial charge on any atom is -0.493 e. The molecule has 0 aromatic heterocycles. The predicted octanol–water partition coefficient (Wildman–Crippen LogP) is 4.42. The maximum atomic E-state index is 12.7. The summed E-state index contributed by atoms with van der Waals surface area (Å²) in [6.45, 7) is 3.19. The predicted molar refractivity (Wildman–Crippen MR) is 119 cm³/mol. The number of esters is 1. The van der Waals surface area contributed by atoms with Crippen molar-refractivity contribution in [3.8, 4) is 11.5 Å². The Morgan fingerprint density at radius 3 is 2.69 bits per heavy atom. The number of unbranched alkanes of at least 4 members (excludes halogenated alkanes) is 2. The van der Waals surface area contributed by atoms with Crippen LogP contribution in [-0.4, -0.2) is 48.5 Å². The van der Waals surface area contributed by atoms with Crippen LogP contribution in [0.4, 0.5) is 0 Å². The lowest BCUT2D eigenvalue weighted by Gasteiger charge is -2.13. The van der Waals surface area contributed by atoms with E-state index in [0.717, 1.165) is 24.8 Å². The summed E-state index contributed by atoms with van der Waals surface area (Å²) in [7, 11) is 2.94. The van der Waals surface area contributed by atoms with Gasteiger partial charge in [0.25, 0.3) is 5.91 Å². The van der Waals surface area contributed by atoms with Crippen molar-refractivity contribution in [2.24, 2.45) is 0 Å². The smallest absolute Gasteiger partial charge is 0.305 e. The number of amides is 1. The van der Waals surface area contributed by atoms with Crippen LogP contribution >= 0.6 is 24.0 Å². The van der Waals surface area contributed by atoms with Gasteiger partial charge in [0.1, 0.15) is 4.32 Å². The second-order valence-corrected chi connectivity index (χ2v) is 8.15. The second-order valence-electron chi connectivity index (χ2n) is 6.48. The maximum Gasteiger partial charge on any atom is 0.305 e. The van der Waals surface area contributed by atoms with Crippen molar-refractivity contribution in [3.63, 3.8) is 0 Å². The van der Waals surface area contributed by atoms with Crippen LogP contribution in [0.5, 0.6) is 11.5 Å². The molecule has 1 fully saturated rings. The fourth-order valence-electron chi connectivity index (χ4n) is 2.76. The largest absolute Gasteiger partial charge is 0.493 e. The molecule has 1 aromatic rings. The molecule has 2 rings (SSSR count). The molecule has 0 unspecified atom stereocenters. The number of carbonyl (C=O) groups excluding carboxylic acids is 2. The van der Waals surface area contributed by atoms with Gasteiger partial charge < -0.3 is 14.2 Å². The van der Waals surface area contributed by atoms with Crippen molar-refractivity contribution in [2.45, 2.75) is 39.0 Å². The standard InChI is InChI=1S/C21H27NO5S2/c1-4-5-6-12-27-16-10-9-15(13-17(16)25-2)14-18-20(24)22(21(28)29-18)11-7-8-19(23)26-3/h9-10,13-14H,4-8,11-12H2,1-3H3/b18-14-. The van der Waals surface area contributed by atoms with E-state index in [4.69, 9.17) is 21.7 Å². The zero-order chi connectivity index (χ0) is 21.2. The minimum absolute atomic E-state index is 0.149. The Hall–Kier alpha value is -2.06. The van der Waals surface area contributed by atoms with E-state index >= 15 is 0 Å². The molecule has 158 valence electrons. The summed E-state index contributed by atoms with van der Waals surface area (Å²) in [5, 5.41) is 0. The Balaban J connectivity index is 2.04. The molecule has 0 aliphatic carbocycles. The Labute approximate surface area is 181 Å². The molecule has 0 radical (unpaired) electrons. The number of hydrogen-bond donors (Lipinski definition) is 0. The molecule has 0 atom stereocenters. The van der Waals surface area contributed by atoms with Gasteiger partial charge in [-0.15, -0.1) is 0 Å². The molecule has 29 heavy (non-hydrogen) atoms. The highest BCUT2D eigenvalue weighted by Gasteiger charge is 2.31. The van der Waals surface area contributed by atoms with E-state index in [0.29, 0.717) is 40.3 Å². The van der Waals surface area contributed by atoms with Crippen molar-refractivity contribution < 1.29 is 23.8 Å². The number of hydrogen-bond acceptors (Lipinski definition) is 7. The fourth-order valence-corrected chi connectivity index (χ4v) is 4.06. The molecule has 1 aromatic carbocycles. The molecule has 0 bridgehead atoms. The number of benzene rings is 1. The molecular weight excluding hydrogens is 410 g/mol. The molecule has 1 saturated heterocycles. The summed E-state index contributed by atoms with van der Waals surface area (Å²) in [5.41, 5.74) is 0.831. The molecule has 0 N–H and O–H groups in total. The second kappa shape index (κ2) is 11.8. The number of ether oxygens (including phenoxy) is 3. The van der Waals surface area contributed by atoms with E-state index in [1.807, 2.05) is 18.2 Å². The maximum absolute atomic E-state index is 12.7. The molecule has 8 heteroatoms. The quantitative estimate of drug-likeness (QED) is 0.220. The molecule has 0 spiro atoms. The van der Waals surface area contributed by atoms with Crippen LogP contribution < -0.4 is 9.47 Å². The zero-order valence-electron chi connectivity index (χ0n) is 17.1. The summed E-state index contributed by atoms with van der Waals surface area (Å²) in [6.07, 6.45) is 5.82. The van der Waals surface area contributed by atoms with Gasteiger partial charge in [0.15, 0.2) is 11.5 Å². The van der Waals surface area contributed by atoms with Gasteiger partial charge in [-0.3, -0.25) is 14.5 Å². The van der Waals surface area contributed by atoms with Crippen molar-refractivity contribution in [1.29, 1.82) is 0 Å². The Bertz CT molecular complexity index is 778. The lowest BCUT2D eigenvalue weighted by Crippen LogP contribution is -2.29. The SMILES string of the molecule is CCCCCOc1ccc(/C=C2\SC(=S)N(CCCC(=O)OC)C2=O)cc1OC. The summed E-state index contributed by atoms with van der Waals surface area (Å²) < 4.78 is 16.4. The molecular formula is C21H27NO5S2. The Morgan fingerprint density at radius 2 is 2.00 bits per heavy atom. The van der Waals surface area contributed by atoms with E-state index in [1.54, 1.807) is 13.2 Å². The summed E-state index contributed by atoms with van der Waals surface area (Å²) in [6, 6.07) is 5.59. The van der Waals surface area contributed by atoms with E-state index in [2.05, 4.69) is 11.7 Å². The Kier molecular flexibility index (Phi) is 9.47. The highest BCUT2D eigenvalue weighted by Crippen LogP contribution is 2.35. The van der Waals surface area contributed by atoms with Crippen LogP contribution in [0.15, 0.2) is 23.1 Å². The third-order valence-electron chi connectivity index (χ3n) is 4.35. The van der Waals surface area contributed by atoms with Gasteiger partial charge in [0.05, 0.1) is 25.7 Å². The van der Waals surface area contributed by atoms with E-state index in [9.17, 15) is 9.59 Å². The van der Waals surface area contributed by atoms with Crippen LogP contribution in [0, 0.1) is 0 Å². The first kappa shape index (κ1) is 23.2. The number of thiocarbonyl (C=S) groups is 1. The van der Waals surface area contributed by atoms with Gasteiger partial charge in [0, 0.05) is 13.0 Å². The van der Waals surface area contributed by atoms with Gasteiger partial charge in [-0.1, -0.05) is 49.8 Å². The summed E-state index contributed by atoms with van der Waals surface area (Å²) in [5.74, 6) is 0.874. The summed E-state index contributed by atoms with van der Waals surface area (Å²) >= 11 is 6.58. The first-order valence-corrected chi connectivity index (χ1v) is 10.9. The molecule has 1 aliphatic rings. The third-order valence-corrected chi connectivity index (χ3v) is 5.73. The number of rotatable bonds is 11. The van der Waals surface area contributed by atoms with Crippen LogP contribution in [0.3, 0.4) is 0 Å². The number of methoxy groups -OCH3 is 2. The average molecular weight is 438 g/mol. The van der Waals surface area contributed by atoms with Crippen molar-refractivity contribution >= 4 is 46.3 Å². The average Bonchev–Trinajstić information content (AvgIpc) is 2.98. The highest BCUT2D eigenvalue weighted by molar-refractivity contribution is 8.26. The monoisotopic (exact) mass is 437 g/mol. The molecule has 1 amide bonds. The third kappa shape index (κ3) is 6.75. The van der Waals surface area contributed by atoms with Crippen LogP contribution in [-0.2, 0) is 14.3 Å². The minimum atomic E-state index is -0.296. The lowest BCUT2D eigenvalue weighted by atomic mass is 10.1. The van der Waals surface area contributed by atoms with Crippen LogP contribution in [0.1, 0.15) is 44.6 Å². The molecule has 1 heterocycles. The summed E-state index contributed by atoms with van der Waals surface area (Å²) in [4.78, 5) is 26.0. The zero-order valence-corrected chi connectivity index (χ0v) is 18.7. The van der Waals surface area contributed by atoms with Gasteiger partial charge in [0.2, 0.25) is 0 Å². The first-order valence-electron chi connectivity index (χ1n) is 9.63. The Morgan fingerprint density at radius 1 is 1.21 bits per heavy atom. The number of thioether (sulfide) groups is 1. The van der Waals surface area contributed by atoms with Gasteiger partial charge in [-0.2, -0.15) is 0 Å². The first-order chi connectivity index (χ1) is 14.0. The highest BCUT2D eigenvalue weighted by atomic mass is 32.2. The molecule has 6 nitrogen and oxygen atoms in total. The van der Waals surface area contributed by atoms with E-state index < -0.39 is 0 Å². The van der Waals surface area contributed by atoms with Crippen molar-refractivity contribution in [3.05, 3.63) is 28.7 Å². The normalized spacial score (nSPS) is 15.1. The van der Waals surface area contributed by atoms with Gasteiger partial charge in [-0.05, 0) is 36.6 Å². The van der Waals surface area contributed by atoms with Crippen LogP contribution in [0.2, 0.25) is 0 Å². The lowest BCUT2D eigenvalue weighted by molar-refractivity contribution is -0.141. The van der Waals surface area contributed by atoms with Gasteiger partial charge in [-0.25, -0.2) is 0 Å². The van der Waals surface area contributed by atoms with Crippen molar-refractivity contribution in [1.82, 2.24) is 4.90 Å². The topological polar surface area (TPSA) is 65.1 Å². The van der Waals surface area contributed by atoms with Crippen LogP contribution in [0.25, 0.3) is 6.08 Å².